The van der Waals surface area contributed by atoms with Gasteiger partial charge in [0.05, 0.1) is 23.6 Å². The number of carbonyl (C=O) groups excluding carboxylic acids is 1. The van der Waals surface area contributed by atoms with E-state index >= 15 is 0 Å². The fraction of sp³-hybridized carbons (Fsp3) is 0.348. The largest absolute Gasteiger partial charge is 0.494 e. The summed E-state index contributed by atoms with van der Waals surface area (Å²) >= 11 is 0. The van der Waals surface area contributed by atoms with Crippen LogP contribution in [0.2, 0.25) is 0 Å². The van der Waals surface area contributed by atoms with Gasteiger partial charge in [0.1, 0.15) is 11.3 Å². The van der Waals surface area contributed by atoms with Gasteiger partial charge in [-0.25, -0.2) is 0 Å². The first-order valence-corrected chi connectivity index (χ1v) is 10.1. The minimum atomic E-state index is -0.504. The molecule has 1 aliphatic heterocycles. The number of rotatable bonds is 7. The Bertz CT molecular complexity index is 1120. The third-order valence-electron chi connectivity index (χ3n) is 5.25. The maximum Gasteiger partial charge on any atom is 0.290 e. The minimum absolute atomic E-state index is 0.111. The highest BCUT2D eigenvalue weighted by atomic mass is 16.5. The second-order valence-corrected chi connectivity index (χ2v) is 7.61. The molecule has 1 aliphatic rings. The van der Waals surface area contributed by atoms with Gasteiger partial charge in [0.25, 0.3) is 5.91 Å². The van der Waals surface area contributed by atoms with Crippen molar-refractivity contribution in [2.45, 2.75) is 19.4 Å². The van der Waals surface area contributed by atoms with Crippen molar-refractivity contribution in [2.75, 3.05) is 33.8 Å². The Labute approximate surface area is 174 Å². The number of amides is 1. The van der Waals surface area contributed by atoms with Crippen LogP contribution in [0.4, 0.5) is 0 Å². The lowest BCUT2D eigenvalue weighted by molar-refractivity contribution is 0.0722. The lowest BCUT2D eigenvalue weighted by Crippen LogP contribution is -2.32. The zero-order valence-electron chi connectivity index (χ0n) is 17.4. The highest BCUT2D eigenvalue weighted by Crippen LogP contribution is 2.38. The van der Waals surface area contributed by atoms with E-state index in [1.54, 1.807) is 35.5 Å². The maximum atomic E-state index is 13.4. The minimum Gasteiger partial charge on any atom is -0.494 e. The molecule has 0 aliphatic carbocycles. The average molecular weight is 407 g/mol. The molecule has 1 unspecified atom stereocenters. The molecule has 0 radical (unpaired) electrons. The van der Waals surface area contributed by atoms with E-state index < -0.39 is 6.04 Å². The molecule has 1 atom stereocenters. The summed E-state index contributed by atoms with van der Waals surface area (Å²) in [6.07, 6.45) is 4.16. The fourth-order valence-corrected chi connectivity index (χ4v) is 3.93. The van der Waals surface area contributed by atoms with Crippen LogP contribution in [0.5, 0.6) is 5.75 Å². The monoisotopic (exact) mass is 407 g/mol. The van der Waals surface area contributed by atoms with E-state index in [2.05, 4.69) is 9.88 Å². The highest BCUT2D eigenvalue weighted by molar-refractivity contribution is 5.99. The lowest BCUT2D eigenvalue weighted by Gasteiger charge is -2.25. The second kappa shape index (κ2) is 8.28. The van der Waals surface area contributed by atoms with Gasteiger partial charge in [-0.1, -0.05) is 6.07 Å². The zero-order chi connectivity index (χ0) is 21.3. The average Bonchev–Trinajstić information content (AvgIpc) is 3.01. The maximum absolute atomic E-state index is 13.4. The summed E-state index contributed by atoms with van der Waals surface area (Å²) in [4.78, 5) is 34.7. The van der Waals surface area contributed by atoms with Crippen LogP contribution in [0.25, 0.3) is 11.0 Å². The predicted molar refractivity (Wildman–Crippen MR) is 114 cm³/mol. The van der Waals surface area contributed by atoms with Crippen molar-refractivity contribution in [3.8, 4) is 5.75 Å². The van der Waals surface area contributed by atoms with Crippen molar-refractivity contribution in [3.63, 3.8) is 0 Å². The number of fused-ring (bicyclic) bond motifs is 2. The van der Waals surface area contributed by atoms with E-state index in [4.69, 9.17) is 9.15 Å². The van der Waals surface area contributed by atoms with Gasteiger partial charge in [-0.15, -0.1) is 0 Å². The number of carbonyl (C=O) groups is 1. The third kappa shape index (κ3) is 3.57. The second-order valence-electron chi connectivity index (χ2n) is 7.61. The molecule has 7 heteroatoms. The Morgan fingerprint density at radius 2 is 2.07 bits per heavy atom. The molecule has 30 heavy (non-hydrogen) atoms. The van der Waals surface area contributed by atoms with E-state index in [0.29, 0.717) is 35.4 Å². The lowest BCUT2D eigenvalue weighted by atomic mass is 10.00. The van der Waals surface area contributed by atoms with Gasteiger partial charge in [0.15, 0.2) is 5.43 Å². The molecular weight excluding hydrogens is 382 g/mol. The van der Waals surface area contributed by atoms with Crippen molar-refractivity contribution < 1.29 is 13.9 Å². The summed E-state index contributed by atoms with van der Waals surface area (Å²) in [7, 11) is 3.99. The Balaban J connectivity index is 1.84. The number of aromatic nitrogens is 1. The van der Waals surface area contributed by atoms with E-state index in [9.17, 15) is 9.59 Å². The Morgan fingerprint density at radius 3 is 2.77 bits per heavy atom. The molecule has 3 aromatic rings. The Kier molecular flexibility index (Phi) is 5.55. The van der Waals surface area contributed by atoms with Gasteiger partial charge in [-0.2, -0.15) is 0 Å². The Hall–Kier alpha value is -3.19. The molecular formula is C23H25N3O4. The summed E-state index contributed by atoms with van der Waals surface area (Å²) in [6, 6.07) is 8.32. The molecule has 3 heterocycles. The van der Waals surface area contributed by atoms with Gasteiger partial charge in [-0.05, 0) is 57.7 Å². The molecule has 2 aromatic heterocycles. The highest BCUT2D eigenvalue weighted by Gasteiger charge is 2.42. The molecule has 156 valence electrons. The van der Waals surface area contributed by atoms with E-state index in [1.807, 2.05) is 33.2 Å². The van der Waals surface area contributed by atoms with Gasteiger partial charge in [0.2, 0.25) is 5.76 Å². The number of ether oxygens (including phenoxy) is 1. The first-order chi connectivity index (χ1) is 14.5. The van der Waals surface area contributed by atoms with Crippen LogP contribution in [0.15, 0.2) is 51.9 Å². The summed E-state index contributed by atoms with van der Waals surface area (Å²) < 4.78 is 11.5. The normalized spacial score (nSPS) is 15.8. The van der Waals surface area contributed by atoms with Gasteiger partial charge in [0, 0.05) is 25.0 Å². The van der Waals surface area contributed by atoms with Crippen molar-refractivity contribution in [2.24, 2.45) is 0 Å². The molecule has 0 saturated heterocycles. The molecule has 0 N–H and O–H groups in total. The van der Waals surface area contributed by atoms with Gasteiger partial charge < -0.3 is 19.0 Å². The summed E-state index contributed by atoms with van der Waals surface area (Å²) in [5, 5.41) is 0.439. The molecule has 0 bridgehead atoms. The SMILES string of the molecule is CCOc1ccc2c(=O)c3c(oc2c1)C(=O)N(CCCN(C)C)C3c1cccnc1. The van der Waals surface area contributed by atoms with Crippen LogP contribution in [-0.2, 0) is 0 Å². The molecule has 1 aromatic carbocycles. The van der Waals surface area contributed by atoms with Crippen LogP contribution in [-0.4, -0.2) is 54.5 Å². The number of nitrogens with zero attached hydrogens (tertiary/aromatic N) is 3. The van der Waals surface area contributed by atoms with Crippen molar-refractivity contribution in [1.82, 2.24) is 14.8 Å². The topological polar surface area (TPSA) is 75.9 Å². The zero-order valence-corrected chi connectivity index (χ0v) is 17.4. The van der Waals surface area contributed by atoms with Crippen molar-refractivity contribution in [1.29, 1.82) is 0 Å². The molecule has 7 nitrogen and oxygen atoms in total. The summed E-state index contributed by atoms with van der Waals surface area (Å²) in [5.41, 5.74) is 1.35. The van der Waals surface area contributed by atoms with E-state index in [-0.39, 0.29) is 17.1 Å². The predicted octanol–water partition coefficient (Wildman–Crippen LogP) is 3.08. The Morgan fingerprint density at radius 1 is 1.23 bits per heavy atom. The van der Waals surface area contributed by atoms with Gasteiger partial charge >= 0.3 is 0 Å². The molecule has 4 rings (SSSR count). The number of hydrogen-bond acceptors (Lipinski definition) is 6. The molecule has 1 amide bonds. The molecule has 0 fully saturated rings. The van der Waals surface area contributed by atoms with Crippen molar-refractivity contribution in [3.05, 3.63) is 69.8 Å². The summed E-state index contributed by atoms with van der Waals surface area (Å²) in [5.74, 6) is 0.448. The van der Waals surface area contributed by atoms with Crippen LogP contribution < -0.4 is 10.2 Å². The number of benzene rings is 1. The van der Waals surface area contributed by atoms with E-state index in [1.165, 1.54) is 0 Å². The third-order valence-corrected chi connectivity index (χ3v) is 5.25. The van der Waals surface area contributed by atoms with Gasteiger partial charge in [-0.3, -0.25) is 14.6 Å². The smallest absolute Gasteiger partial charge is 0.290 e. The van der Waals surface area contributed by atoms with Crippen LogP contribution in [0.1, 0.15) is 41.1 Å². The first kappa shape index (κ1) is 20.1. The van der Waals surface area contributed by atoms with Crippen LogP contribution in [0, 0.1) is 0 Å². The number of pyridine rings is 1. The van der Waals surface area contributed by atoms with Crippen molar-refractivity contribution >= 4 is 16.9 Å². The standard InChI is InChI=1S/C23H25N3O4/c1-4-29-16-8-9-17-18(13-16)30-22-19(21(17)27)20(15-7-5-10-24-14-15)26(23(22)28)12-6-11-25(2)3/h5,7-10,13-14,20H,4,6,11-12H2,1-3H3. The fourth-order valence-electron chi connectivity index (χ4n) is 3.93. The number of hydrogen-bond donors (Lipinski definition) is 0. The van der Waals surface area contributed by atoms with E-state index in [0.717, 1.165) is 18.5 Å². The van der Waals surface area contributed by atoms with Crippen LogP contribution >= 0.6 is 0 Å². The van der Waals surface area contributed by atoms with Crippen LogP contribution in [0.3, 0.4) is 0 Å². The molecule has 0 spiro atoms. The quantitative estimate of drug-likeness (QED) is 0.599. The first-order valence-electron chi connectivity index (χ1n) is 10.1. The molecule has 0 saturated carbocycles. The summed E-state index contributed by atoms with van der Waals surface area (Å²) in [6.45, 7) is 3.74.